The zero-order valence-electron chi connectivity index (χ0n) is 13.2. The molecule has 23 heavy (non-hydrogen) atoms. The van der Waals surface area contributed by atoms with Crippen molar-refractivity contribution < 1.29 is 14.3 Å². The molecule has 0 radical (unpaired) electrons. The third kappa shape index (κ3) is 2.27. The SMILES string of the molecule is COC(=O)c1ccc([C@@H](C)[C@@]2(C)C(=O)Nc3ncncc32)cc1. The van der Waals surface area contributed by atoms with Crippen LogP contribution in [-0.2, 0) is 14.9 Å². The van der Waals surface area contributed by atoms with Crippen molar-refractivity contribution in [2.24, 2.45) is 0 Å². The van der Waals surface area contributed by atoms with Gasteiger partial charge in [-0.25, -0.2) is 14.8 Å². The second-order valence-corrected chi connectivity index (χ2v) is 5.78. The first-order valence-electron chi connectivity index (χ1n) is 7.28. The highest BCUT2D eigenvalue weighted by Crippen LogP contribution is 2.45. The molecule has 2 heterocycles. The summed E-state index contributed by atoms with van der Waals surface area (Å²) in [5.74, 6) is -0.0303. The number of amides is 1. The highest BCUT2D eigenvalue weighted by atomic mass is 16.5. The number of methoxy groups -OCH3 is 1. The van der Waals surface area contributed by atoms with Gasteiger partial charge in [0.15, 0.2) is 0 Å². The lowest BCUT2D eigenvalue weighted by Crippen LogP contribution is -2.36. The lowest BCUT2D eigenvalue weighted by molar-refractivity contribution is -0.120. The van der Waals surface area contributed by atoms with E-state index in [1.807, 2.05) is 26.0 Å². The third-order valence-electron chi connectivity index (χ3n) is 4.67. The van der Waals surface area contributed by atoms with Crippen LogP contribution in [0.4, 0.5) is 5.82 Å². The second kappa shape index (κ2) is 5.46. The predicted octanol–water partition coefficient (Wildman–Crippen LogP) is 2.28. The minimum atomic E-state index is -0.761. The van der Waals surface area contributed by atoms with Crippen LogP contribution in [0.15, 0.2) is 36.8 Å². The number of esters is 1. The molecule has 1 aliphatic rings. The van der Waals surface area contributed by atoms with Crippen LogP contribution in [0.25, 0.3) is 0 Å². The van der Waals surface area contributed by atoms with Crippen LogP contribution in [0.3, 0.4) is 0 Å². The van der Waals surface area contributed by atoms with Gasteiger partial charge in [0.1, 0.15) is 12.1 Å². The van der Waals surface area contributed by atoms with Crippen LogP contribution < -0.4 is 5.32 Å². The minimum absolute atomic E-state index is 0.0995. The Hall–Kier alpha value is -2.76. The molecule has 6 heteroatoms. The van der Waals surface area contributed by atoms with Gasteiger partial charge in [0, 0.05) is 11.8 Å². The van der Waals surface area contributed by atoms with Gasteiger partial charge in [-0.1, -0.05) is 19.1 Å². The van der Waals surface area contributed by atoms with Gasteiger partial charge >= 0.3 is 5.97 Å². The van der Waals surface area contributed by atoms with Crippen LogP contribution in [0.5, 0.6) is 0 Å². The number of fused-ring (bicyclic) bond motifs is 1. The van der Waals surface area contributed by atoms with E-state index in [4.69, 9.17) is 4.74 Å². The molecule has 2 atom stereocenters. The fourth-order valence-electron chi connectivity index (χ4n) is 2.96. The summed E-state index contributed by atoms with van der Waals surface area (Å²) in [7, 11) is 1.35. The van der Waals surface area contributed by atoms with Crippen molar-refractivity contribution in [3.8, 4) is 0 Å². The number of carbonyl (C=O) groups excluding carboxylic acids is 2. The summed E-state index contributed by atoms with van der Waals surface area (Å²) in [6.07, 6.45) is 3.10. The van der Waals surface area contributed by atoms with E-state index >= 15 is 0 Å². The molecule has 0 bridgehead atoms. The zero-order valence-corrected chi connectivity index (χ0v) is 13.2. The molecule has 0 saturated carbocycles. The van der Waals surface area contributed by atoms with Gasteiger partial charge in [-0.15, -0.1) is 0 Å². The van der Waals surface area contributed by atoms with Gasteiger partial charge in [0.05, 0.1) is 18.1 Å². The fraction of sp³-hybridized carbons (Fsp3) is 0.294. The molecule has 3 rings (SSSR count). The van der Waals surface area contributed by atoms with Crippen molar-refractivity contribution in [3.63, 3.8) is 0 Å². The predicted molar refractivity (Wildman–Crippen MR) is 84.2 cm³/mol. The van der Waals surface area contributed by atoms with Crippen molar-refractivity contribution in [1.29, 1.82) is 0 Å². The summed E-state index contributed by atoms with van der Waals surface area (Å²) in [5, 5.41) is 2.81. The van der Waals surface area contributed by atoms with Crippen LogP contribution in [-0.4, -0.2) is 29.0 Å². The molecular formula is C17H17N3O3. The number of nitrogens with zero attached hydrogens (tertiary/aromatic N) is 2. The first-order chi connectivity index (χ1) is 11.0. The molecule has 0 spiro atoms. The molecule has 6 nitrogen and oxygen atoms in total. The van der Waals surface area contributed by atoms with E-state index in [9.17, 15) is 9.59 Å². The Morgan fingerprint density at radius 2 is 2.00 bits per heavy atom. The molecule has 0 fully saturated rings. The number of rotatable bonds is 3. The number of hydrogen-bond acceptors (Lipinski definition) is 5. The third-order valence-corrected chi connectivity index (χ3v) is 4.67. The molecule has 118 valence electrons. The van der Waals surface area contributed by atoms with Gasteiger partial charge in [-0.2, -0.15) is 0 Å². The maximum absolute atomic E-state index is 12.5. The smallest absolute Gasteiger partial charge is 0.337 e. The van der Waals surface area contributed by atoms with Crippen LogP contribution >= 0.6 is 0 Å². The number of ether oxygens (including phenoxy) is 1. The maximum atomic E-state index is 12.5. The molecule has 1 N–H and O–H groups in total. The van der Waals surface area contributed by atoms with Crippen molar-refractivity contribution >= 4 is 17.7 Å². The topological polar surface area (TPSA) is 81.2 Å². The van der Waals surface area contributed by atoms with E-state index in [1.54, 1.807) is 18.3 Å². The van der Waals surface area contributed by atoms with E-state index in [0.29, 0.717) is 11.4 Å². The number of anilines is 1. The molecule has 2 aromatic rings. The van der Waals surface area contributed by atoms with Crippen LogP contribution in [0, 0.1) is 0 Å². The van der Waals surface area contributed by atoms with E-state index < -0.39 is 5.41 Å². The number of carbonyl (C=O) groups is 2. The molecule has 1 aliphatic heterocycles. The normalized spacial score (nSPS) is 20.6. The van der Waals surface area contributed by atoms with Crippen LogP contribution in [0.2, 0.25) is 0 Å². The number of benzene rings is 1. The standard InChI is InChI=1S/C17H17N3O3/c1-10(11-4-6-12(7-5-11)15(21)23-3)17(2)13-8-18-9-19-14(13)20-16(17)22/h4-10H,1-3H3,(H,18,19,20,22)/t10-,17-/m1/s1. The first kappa shape index (κ1) is 15.1. The molecule has 1 aromatic carbocycles. The van der Waals surface area contributed by atoms with E-state index in [0.717, 1.165) is 11.1 Å². The molecule has 0 aliphatic carbocycles. The number of hydrogen-bond donors (Lipinski definition) is 1. The number of aromatic nitrogens is 2. The summed E-state index contributed by atoms with van der Waals surface area (Å²) >= 11 is 0. The average Bonchev–Trinajstić information content (AvgIpc) is 2.86. The second-order valence-electron chi connectivity index (χ2n) is 5.78. The lowest BCUT2D eigenvalue weighted by atomic mass is 9.71. The van der Waals surface area contributed by atoms with Gasteiger partial charge in [-0.3, -0.25) is 4.79 Å². The quantitative estimate of drug-likeness (QED) is 0.879. The Morgan fingerprint density at radius 1 is 1.30 bits per heavy atom. The Labute approximate surface area is 133 Å². The lowest BCUT2D eigenvalue weighted by Gasteiger charge is -2.29. The van der Waals surface area contributed by atoms with Crippen molar-refractivity contribution in [2.45, 2.75) is 25.2 Å². The molecular weight excluding hydrogens is 294 g/mol. The Bertz CT molecular complexity index is 773. The highest BCUT2D eigenvalue weighted by Gasteiger charge is 2.48. The largest absolute Gasteiger partial charge is 0.465 e. The number of nitrogens with one attached hydrogen (secondary N) is 1. The van der Waals surface area contributed by atoms with Crippen molar-refractivity contribution in [2.75, 3.05) is 12.4 Å². The maximum Gasteiger partial charge on any atom is 0.337 e. The molecule has 1 aromatic heterocycles. The van der Waals surface area contributed by atoms with Crippen LogP contribution in [0.1, 0.15) is 41.3 Å². The summed E-state index contributed by atoms with van der Waals surface area (Å²) in [4.78, 5) is 32.2. The molecule has 1 amide bonds. The van der Waals surface area contributed by atoms with E-state index in [2.05, 4.69) is 15.3 Å². The van der Waals surface area contributed by atoms with Gasteiger partial charge in [0.2, 0.25) is 5.91 Å². The summed E-state index contributed by atoms with van der Waals surface area (Å²) in [5.41, 5.74) is 1.46. The molecule has 0 unspecified atom stereocenters. The summed E-state index contributed by atoms with van der Waals surface area (Å²) in [6, 6.07) is 7.10. The summed E-state index contributed by atoms with van der Waals surface area (Å²) in [6.45, 7) is 3.87. The molecule has 0 saturated heterocycles. The van der Waals surface area contributed by atoms with Gasteiger partial charge in [-0.05, 0) is 30.5 Å². The monoisotopic (exact) mass is 311 g/mol. The van der Waals surface area contributed by atoms with Crippen molar-refractivity contribution in [3.05, 3.63) is 53.5 Å². The van der Waals surface area contributed by atoms with E-state index in [-0.39, 0.29) is 17.8 Å². The average molecular weight is 311 g/mol. The summed E-state index contributed by atoms with van der Waals surface area (Å²) < 4.78 is 4.70. The van der Waals surface area contributed by atoms with E-state index in [1.165, 1.54) is 13.4 Å². The Morgan fingerprint density at radius 3 is 2.65 bits per heavy atom. The Balaban J connectivity index is 1.98. The Kier molecular flexibility index (Phi) is 3.60. The fourth-order valence-corrected chi connectivity index (χ4v) is 2.96. The van der Waals surface area contributed by atoms with Gasteiger partial charge < -0.3 is 10.1 Å². The van der Waals surface area contributed by atoms with Gasteiger partial charge in [0.25, 0.3) is 0 Å². The minimum Gasteiger partial charge on any atom is -0.465 e. The first-order valence-corrected chi connectivity index (χ1v) is 7.28. The zero-order chi connectivity index (χ0) is 16.6. The highest BCUT2D eigenvalue weighted by molar-refractivity contribution is 6.05. The van der Waals surface area contributed by atoms with Crippen molar-refractivity contribution in [1.82, 2.24) is 9.97 Å².